The van der Waals surface area contributed by atoms with Crippen molar-refractivity contribution in [1.29, 1.82) is 0 Å². The summed E-state index contributed by atoms with van der Waals surface area (Å²) in [5.41, 5.74) is 1.24. The first-order chi connectivity index (χ1) is 13.3. The monoisotopic (exact) mass is 410 g/mol. The number of rotatable bonds is 9. The van der Waals surface area contributed by atoms with Crippen molar-refractivity contribution < 1.29 is 27.4 Å². The normalized spacial score (nSPS) is 11.6. The van der Waals surface area contributed by atoms with Gasteiger partial charge in [0, 0.05) is 19.5 Å². The molecule has 2 N–H and O–H groups in total. The van der Waals surface area contributed by atoms with Gasteiger partial charge in [0.05, 0.1) is 19.3 Å². The van der Waals surface area contributed by atoms with E-state index in [4.69, 9.17) is 9.47 Å². The number of hydrogen-bond acceptors (Lipinski definition) is 4. The van der Waals surface area contributed by atoms with E-state index in [-0.39, 0.29) is 30.4 Å². The molecule has 1 unspecified atom stereocenters. The minimum atomic E-state index is -2.38. The Morgan fingerprint density at radius 3 is 2.50 bits per heavy atom. The SMILES string of the molecule is CCc1ccc(Oc2ccc(N(CCNC(C)=O)S(=O)O)cc2F)c(OC)c1. The molecule has 9 heteroatoms. The predicted molar refractivity (Wildman–Crippen MR) is 106 cm³/mol. The van der Waals surface area contributed by atoms with Crippen LogP contribution in [0.2, 0.25) is 0 Å². The van der Waals surface area contributed by atoms with Crippen molar-refractivity contribution in [3.05, 3.63) is 47.8 Å². The Bertz CT molecular complexity index is 862. The molecule has 0 radical (unpaired) electrons. The Hall–Kier alpha value is -2.65. The number of halogens is 1. The van der Waals surface area contributed by atoms with Crippen molar-refractivity contribution in [2.75, 3.05) is 24.5 Å². The third-order valence-electron chi connectivity index (χ3n) is 3.94. The lowest BCUT2D eigenvalue weighted by atomic mass is 10.1. The van der Waals surface area contributed by atoms with Crippen LogP contribution >= 0.6 is 0 Å². The summed E-state index contributed by atoms with van der Waals surface area (Å²) in [6, 6.07) is 9.32. The van der Waals surface area contributed by atoms with Crippen LogP contribution in [-0.2, 0) is 22.5 Å². The fraction of sp³-hybridized carbons (Fsp3) is 0.316. The van der Waals surface area contributed by atoms with Crippen LogP contribution in [0.5, 0.6) is 17.2 Å². The number of carbonyl (C=O) groups excluding carboxylic acids is 1. The van der Waals surface area contributed by atoms with Gasteiger partial charge in [-0.05, 0) is 36.2 Å². The predicted octanol–water partition coefficient (Wildman–Crippen LogP) is 3.27. The smallest absolute Gasteiger partial charge is 0.261 e. The van der Waals surface area contributed by atoms with Crippen LogP contribution in [0.15, 0.2) is 36.4 Å². The lowest BCUT2D eigenvalue weighted by molar-refractivity contribution is -0.118. The van der Waals surface area contributed by atoms with Crippen molar-refractivity contribution in [2.24, 2.45) is 0 Å². The highest BCUT2D eigenvalue weighted by atomic mass is 32.2. The largest absolute Gasteiger partial charge is 0.493 e. The van der Waals surface area contributed by atoms with Gasteiger partial charge in [0.15, 0.2) is 23.1 Å². The molecule has 0 bridgehead atoms. The van der Waals surface area contributed by atoms with Crippen molar-refractivity contribution in [1.82, 2.24) is 5.32 Å². The van der Waals surface area contributed by atoms with E-state index in [0.29, 0.717) is 11.5 Å². The molecule has 0 saturated heterocycles. The number of amides is 1. The van der Waals surface area contributed by atoms with Crippen LogP contribution in [0.3, 0.4) is 0 Å². The molecule has 1 amide bonds. The number of anilines is 1. The maximum Gasteiger partial charge on any atom is 0.261 e. The Balaban J connectivity index is 2.21. The minimum Gasteiger partial charge on any atom is -0.493 e. The summed E-state index contributed by atoms with van der Waals surface area (Å²) < 4.78 is 47.5. The number of nitrogens with one attached hydrogen (secondary N) is 1. The molecule has 152 valence electrons. The van der Waals surface area contributed by atoms with E-state index in [1.807, 2.05) is 19.1 Å². The van der Waals surface area contributed by atoms with Crippen molar-refractivity contribution in [3.8, 4) is 17.2 Å². The van der Waals surface area contributed by atoms with Crippen molar-refractivity contribution >= 4 is 22.9 Å². The second kappa shape index (κ2) is 10.0. The van der Waals surface area contributed by atoms with Crippen molar-refractivity contribution in [2.45, 2.75) is 20.3 Å². The highest BCUT2D eigenvalue weighted by Gasteiger charge is 2.16. The molecular weight excluding hydrogens is 387 g/mol. The van der Waals surface area contributed by atoms with E-state index in [2.05, 4.69) is 5.32 Å². The molecule has 0 heterocycles. The van der Waals surface area contributed by atoms with E-state index in [1.54, 1.807) is 6.07 Å². The van der Waals surface area contributed by atoms with E-state index < -0.39 is 17.1 Å². The van der Waals surface area contributed by atoms with Gasteiger partial charge in [-0.3, -0.25) is 13.7 Å². The molecule has 2 aromatic carbocycles. The van der Waals surface area contributed by atoms with Crippen molar-refractivity contribution in [3.63, 3.8) is 0 Å². The summed E-state index contributed by atoms with van der Waals surface area (Å²) in [6.45, 7) is 3.53. The first kappa shape index (κ1) is 21.6. The van der Waals surface area contributed by atoms with Gasteiger partial charge >= 0.3 is 0 Å². The molecule has 0 fully saturated rings. The number of methoxy groups -OCH3 is 1. The van der Waals surface area contributed by atoms with E-state index in [1.165, 1.54) is 26.2 Å². The van der Waals surface area contributed by atoms with Crippen LogP contribution in [0.25, 0.3) is 0 Å². The Morgan fingerprint density at radius 1 is 1.21 bits per heavy atom. The average Bonchev–Trinajstić information content (AvgIpc) is 2.66. The number of carbonyl (C=O) groups is 1. The number of nitrogens with zero attached hydrogens (tertiary/aromatic N) is 1. The van der Waals surface area contributed by atoms with Crippen LogP contribution in [0, 0.1) is 5.82 Å². The first-order valence-electron chi connectivity index (χ1n) is 8.63. The quantitative estimate of drug-likeness (QED) is 0.620. The number of ether oxygens (including phenoxy) is 2. The number of hydrogen-bond donors (Lipinski definition) is 2. The van der Waals surface area contributed by atoms with Gasteiger partial charge in [-0.25, -0.2) is 8.60 Å². The van der Waals surface area contributed by atoms with Gasteiger partial charge in [-0.1, -0.05) is 13.0 Å². The van der Waals surface area contributed by atoms with Gasteiger partial charge in [0.2, 0.25) is 5.91 Å². The topological polar surface area (TPSA) is 88.1 Å². The summed E-state index contributed by atoms with van der Waals surface area (Å²) in [7, 11) is 1.50. The summed E-state index contributed by atoms with van der Waals surface area (Å²) in [4.78, 5) is 10.9. The Morgan fingerprint density at radius 2 is 1.93 bits per heavy atom. The highest BCUT2D eigenvalue weighted by molar-refractivity contribution is 7.80. The van der Waals surface area contributed by atoms with Gasteiger partial charge < -0.3 is 14.8 Å². The standard InChI is InChI=1S/C19H23FN2O5S/c1-4-14-5-7-18(19(11-14)26-3)27-17-8-6-15(12-16(17)20)22(28(24)25)10-9-21-13(2)23/h5-8,11-12H,4,9-10H2,1-3H3,(H,21,23)(H,24,25). The molecule has 0 aliphatic heterocycles. The minimum absolute atomic E-state index is 0.0363. The molecule has 7 nitrogen and oxygen atoms in total. The van der Waals surface area contributed by atoms with E-state index in [0.717, 1.165) is 22.4 Å². The fourth-order valence-electron chi connectivity index (χ4n) is 2.49. The van der Waals surface area contributed by atoms with Crippen LogP contribution in [0.1, 0.15) is 19.4 Å². The molecule has 0 spiro atoms. The molecule has 1 atom stereocenters. The fourth-order valence-corrected chi connectivity index (χ4v) is 3.03. The van der Waals surface area contributed by atoms with Gasteiger partial charge in [-0.2, -0.15) is 0 Å². The maximum atomic E-state index is 14.5. The molecular formula is C19H23FN2O5S. The number of aryl methyl sites for hydroxylation is 1. The summed E-state index contributed by atoms with van der Waals surface area (Å²) >= 11 is -2.38. The Labute approximate surface area is 165 Å². The highest BCUT2D eigenvalue weighted by Crippen LogP contribution is 2.34. The first-order valence-corrected chi connectivity index (χ1v) is 9.69. The maximum absolute atomic E-state index is 14.5. The zero-order valence-corrected chi connectivity index (χ0v) is 16.7. The van der Waals surface area contributed by atoms with E-state index in [9.17, 15) is 17.9 Å². The Kier molecular flexibility index (Phi) is 7.77. The molecule has 2 aromatic rings. The second-order valence-corrected chi connectivity index (χ2v) is 6.77. The molecule has 0 aliphatic carbocycles. The van der Waals surface area contributed by atoms with Crippen LogP contribution in [-0.4, -0.2) is 34.9 Å². The third-order valence-corrected chi connectivity index (χ3v) is 4.71. The molecule has 28 heavy (non-hydrogen) atoms. The van der Waals surface area contributed by atoms with E-state index >= 15 is 0 Å². The number of benzene rings is 2. The third kappa shape index (κ3) is 5.67. The zero-order chi connectivity index (χ0) is 20.7. The zero-order valence-electron chi connectivity index (χ0n) is 15.9. The summed E-state index contributed by atoms with van der Waals surface area (Å²) in [5, 5.41) is 2.52. The molecule has 0 aromatic heterocycles. The lowest BCUT2D eigenvalue weighted by Gasteiger charge is -2.20. The molecule has 0 saturated carbocycles. The van der Waals surface area contributed by atoms with Crippen LogP contribution in [0.4, 0.5) is 10.1 Å². The average molecular weight is 410 g/mol. The summed E-state index contributed by atoms with van der Waals surface area (Å²) in [6.07, 6.45) is 0.826. The molecule has 0 aliphatic rings. The van der Waals surface area contributed by atoms with Gasteiger partial charge in [-0.15, -0.1) is 0 Å². The summed E-state index contributed by atoms with van der Waals surface area (Å²) in [5.74, 6) is -0.164. The lowest BCUT2D eigenvalue weighted by Crippen LogP contribution is -2.35. The van der Waals surface area contributed by atoms with Gasteiger partial charge in [0.1, 0.15) is 0 Å². The molecule has 2 rings (SSSR count). The van der Waals surface area contributed by atoms with Gasteiger partial charge in [0.25, 0.3) is 11.3 Å². The second-order valence-electron chi connectivity index (χ2n) is 5.87. The van der Waals surface area contributed by atoms with Crippen LogP contribution < -0.4 is 19.1 Å².